The summed E-state index contributed by atoms with van der Waals surface area (Å²) >= 11 is 0. The molecule has 0 aliphatic carbocycles. The van der Waals surface area contributed by atoms with Gasteiger partial charge in [0.2, 0.25) is 10.0 Å². The third-order valence-corrected chi connectivity index (χ3v) is 6.03. The molecule has 3 rings (SSSR count). The molecule has 0 aromatic heterocycles. The number of rotatable bonds is 2. The smallest absolute Gasteiger partial charge is 0.207 e. The van der Waals surface area contributed by atoms with E-state index in [0.29, 0.717) is 19.3 Å². The normalized spacial score (nSPS) is 26.2. The van der Waals surface area contributed by atoms with Crippen LogP contribution in [0.2, 0.25) is 0 Å². The van der Waals surface area contributed by atoms with Gasteiger partial charge in [0.25, 0.3) is 0 Å². The van der Waals surface area contributed by atoms with E-state index in [1.165, 1.54) is 16.4 Å². The molecule has 3 nitrogen and oxygen atoms in total. The molecule has 2 aliphatic rings. The van der Waals surface area contributed by atoms with Crippen molar-refractivity contribution in [3.63, 3.8) is 0 Å². The van der Waals surface area contributed by atoms with Crippen molar-refractivity contribution < 1.29 is 21.6 Å². The average Bonchev–Trinajstić information content (AvgIpc) is 2.69. The van der Waals surface area contributed by atoms with Crippen LogP contribution in [0.1, 0.15) is 24.8 Å². The van der Waals surface area contributed by atoms with Crippen molar-refractivity contribution in [1.29, 1.82) is 0 Å². The quantitative estimate of drug-likeness (QED) is 0.786. The lowest BCUT2D eigenvalue weighted by atomic mass is 10.2. The Morgan fingerprint density at radius 1 is 1.14 bits per heavy atom. The van der Waals surface area contributed by atoms with Crippen molar-refractivity contribution >= 4 is 10.0 Å². The maximum atomic E-state index is 13.1. The van der Waals surface area contributed by atoms with E-state index in [2.05, 4.69) is 0 Å². The van der Waals surface area contributed by atoms with Crippen LogP contribution in [0, 0.1) is 0 Å². The Labute approximate surface area is 121 Å². The fourth-order valence-electron chi connectivity index (χ4n) is 3.10. The predicted octanol–water partition coefficient (Wildman–Crippen LogP) is 3.19. The van der Waals surface area contributed by atoms with Gasteiger partial charge in [0, 0.05) is 12.1 Å². The minimum absolute atomic E-state index is 0.230. The first-order chi connectivity index (χ1) is 9.82. The summed E-state index contributed by atoms with van der Waals surface area (Å²) in [5.41, 5.74) is -1.10. The number of alkyl halides is 3. The van der Waals surface area contributed by atoms with Crippen LogP contribution < -0.4 is 0 Å². The zero-order valence-corrected chi connectivity index (χ0v) is 11.9. The molecule has 2 bridgehead atoms. The van der Waals surface area contributed by atoms with Crippen molar-refractivity contribution in [1.82, 2.24) is 4.31 Å². The van der Waals surface area contributed by atoms with Gasteiger partial charge in [-0.2, -0.15) is 17.5 Å². The summed E-state index contributed by atoms with van der Waals surface area (Å²) in [5, 5.41) is 0. The fourth-order valence-corrected chi connectivity index (χ4v) is 5.15. The highest BCUT2D eigenvalue weighted by Gasteiger charge is 2.45. The highest BCUT2D eigenvalue weighted by molar-refractivity contribution is 7.89. The SMILES string of the molecule is O=S(=O)(c1ccccc1C(F)(F)F)N1C2C=CCC1CC2. The maximum absolute atomic E-state index is 13.1. The van der Waals surface area contributed by atoms with Gasteiger partial charge >= 0.3 is 6.18 Å². The van der Waals surface area contributed by atoms with E-state index in [1.54, 1.807) is 6.08 Å². The van der Waals surface area contributed by atoms with E-state index in [-0.39, 0.29) is 12.1 Å². The third kappa shape index (κ3) is 2.38. The molecular weight excluding hydrogens is 303 g/mol. The summed E-state index contributed by atoms with van der Waals surface area (Å²) < 4.78 is 65.8. The van der Waals surface area contributed by atoms with Crippen molar-refractivity contribution in [2.75, 3.05) is 0 Å². The zero-order valence-electron chi connectivity index (χ0n) is 11.0. The van der Waals surface area contributed by atoms with Crippen molar-refractivity contribution in [3.05, 3.63) is 42.0 Å². The summed E-state index contributed by atoms with van der Waals surface area (Å²) in [4.78, 5) is -0.648. The summed E-state index contributed by atoms with van der Waals surface area (Å²) in [7, 11) is -4.15. The van der Waals surface area contributed by atoms with Gasteiger partial charge in [0.1, 0.15) is 0 Å². The van der Waals surface area contributed by atoms with Crippen molar-refractivity contribution in [3.8, 4) is 0 Å². The zero-order chi connectivity index (χ0) is 15.3. The number of benzene rings is 1. The standard InChI is InChI=1S/C14H14F3NO2S/c15-14(16,17)12-6-1-2-7-13(12)21(19,20)18-10-4-3-5-11(18)9-8-10/h1-4,6-7,10-11H,5,8-9H2. The van der Waals surface area contributed by atoms with Gasteiger partial charge in [0.05, 0.1) is 10.5 Å². The fraction of sp³-hybridized carbons (Fsp3) is 0.429. The molecule has 1 fully saturated rings. The molecule has 0 N–H and O–H groups in total. The highest BCUT2D eigenvalue weighted by Crippen LogP contribution is 2.40. The van der Waals surface area contributed by atoms with E-state index in [1.807, 2.05) is 6.08 Å². The van der Waals surface area contributed by atoms with Crippen LogP contribution in [0.5, 0.6) is 0 Å². The second-order valence-electron chi connectivity index (χ2n) is 5.29. The first-order valence-electron chi connectivity index (χ1n) is 6.68. The minimum atomic E-state index is -4.69. The molecule has 0 saturated carbocycles. The molecule has 2 atom stereocenters. The Balaban J connectivity index is 2.10. The van der Waals surface area contributed by atoms with E-state index in [9.17, 15) is 21.6 Å². The largest absolute Gasteiger partial charge is 0.417 e. The molecule has 2 heterocycles. The molecular formula is C14H14F3NO2S. The predicted molar refractivity (Wildman–Crippen MR) is 71.0 cm³/mol. The Bertz CT molecular complexity index is 682. The Morgan fingerprint density at radius 2 is 1.86 bits per heavy atom. The number of hydrogen-bond donors (Lipinski definition) is 0. The maximum Gasteiger partial charge on any atom is 0.417 e. The second kappa shape index (κ2) is 4.84. The van der Waals surface area contributed by atoms with Crippen LogP contribution in [0.4, 0.5) is 13.2 Å². The highest BCUT2D eigenvalue weighted by atomic mass is 32.2. The van der Waals surface area contributed by atoms with Crippen LogP contribution >= 0.6 is 0 Å². The van der Waals surface area contributed by atoms with Crippen LogP contribution in [0.15, 0.2) is 41.3 Å². The van der Waals surface area contributed by atoms with Crippen molar-refractivity contribution in [2.45, 2.75) is 42.4 Å². The molecule has 0 spiro atoms. The minimum Gasteiger partial charge on any atom is -0.207 e. The molecule has 0 radical (unpaired) electrons. The third-order valence-electron chi connectivity index (χ3n) is 4.00. The van der Waals surface area contributed by atoms with Crippen LogP contribution in [0.25, 0.3) is 0 Å². The number of halogens is 3. The van der Waals surface area contributed by atoms with Crippen LogP contribution in [-0.2, 0) is 16.2 Å². The van der Waals surface area contributed by atoms with E-state index < -0.39 is 26.7 Å². The number of fused-ring (bicyclic) bond motifs is 2. The molecule has 21 heavy (non-hydrogen) atoms. The molecule has 2 unspecified atom stereocenters. The van der Waals surface area contributed by atoms with Gasteiger partial charge in [0.15, 0.2) is 0 Å². The summed E-state index contributed by atoms with van der Waals surface area (Å²) in [5.74, 6) is 0. The Hall–Kier alpha value is -1.34. The lowest BCUT2D eigenvalue weighted by Gasteiger charge is -2.31. The molecule has 1 aromatic carbocycles. The average molecular weight is 317 g/mol. The number of sulfonamides is 1. The second-order valence-corrected chi connectivity index (χ2v) is 7.10. The van der Waals surface area contributed by atoms with Gasteiger partial charge in [-0.3, -0.25) is 0 Å². The van der Waals surface area contributed by atoms with Gasteiger partial charge in [-0.05, 0) is 31.4 Å². The Morgan fingerprint density at radius 3 is 2.52 bits per heavy atom. The summed E-state index contributed by atoms with van der Waals surface area (Å²) in [6.45, 7) is 0. The van der Waals surface area contributed by atoms with Crippen molar-refractivity contribution in [2.24, 2.45) is 0 Å². The number of hydrogen-bond acceptors (Lipinski definition) is 2. The summed E-state index contributed by atoms with van der Waals surface area (Å²) in [6, 6.07) is 3.82. The first-order valence-corrected chi connectivity index (χ1v) is 8.12. The molecule has 1 saturated heterocycles. The van der Waals surface area contributed by atoms with E-state index in [4.69, 9.17) is 0 Å². The van der Waals surface area contributed by atoms with Gasteiger partial charge in [-0.1, -0.05) is 24.3 Å². The van der Waals surface area contributed by atoms with Gasteiger partial charge < -0.3 is 0 Å². The van der Waals surface area contributed by atoms with Crippen LogP contribution in [0.3, 0.4) is 0 Å². The van der Waals surface area contributed by atoms with Gasteiger partial charge in [-0.25, -0.2) is 8.42 Å². The molecule has 7 heteroatoms. The molecule has 1 aromatic rings. The number of nitrogens with zero attached hydrogens (tertiary/aromatic N) is 1. The Kier molecular flexibility index (Phi) is 3.37. The molecule has 2 aliphatic heterocycles. The summed E-state index contributed by atoms with van der Waals surface area (Å²) in [6.07, 6.45) is 0.902. The first kappa shape index (κ1) is 14.6. The van der Waals surface area contributed by atoms with Crippen LogP contribution in [-0.4, -0.2) is 24.8 Å². The topological polar surface area (TPSA) is 37.4 Å². The molecule has 114 valence electrons. The van der Waals surface area contributed by atoms with E-state index in [0.717, 1.165) is 12.1 Å². The lowest BCUT2D eigenvalue weighted by Crippen LogP contribution is -2.42. The lowest BCUT2D eigenvalue weighted by molar-refractivity contribution is -0.139. The van der Waals surface area contributed by atoms with E-state index >= 15 is 0 Å². The van der Waals surface area contributed by atoms with Gasteiger partial charge in [-0.15, -0.1) is 0 Å². The monoisotopic (exact) mass is 317 g/mol. The molecule has 0 amide bonds.